The highest BCUT2D eigenvalue weighted by Crippen LogP contribution is 2.15. The van der Waals surface area contributed by atoms with Gasteiger partial charge in [-0.3, -0.25) is 0 Å². The summed E-state index contributed by atoms with van der Waals surface area (Å²) in [6, 6.07) is 0.603. The van der Waals surface area contributed by atoms with E-state index in [9.17, 15) is 0 Å². The van der Waals surface area contributed by atoms with E-state index in [1.54, 1.807) is 0 Å². The van der Waals surface area contributed by atoms with E-state index in [1.807, 2.05) is 0 Å². The lowest BCUT2D eigenvalue weighted by molar-refractivity contribution is 0.151. The summed E-state index contributed by atoms with van der Waals surface area (Å²) in [5.41, 5.74) is 0.00285. The van der Waals surface area contributed by atoms with Crippen molar-refractivity contribution >= 4 is 0 Å². The Labute approximate surface area is 95.5 Å². The number of nitrogens with one attached hydrogen (secondary N) is 1. The monoisotopic (exact) mass is 215 g/mol. The summed E-state index contributed by atoms with van der Waals surface area (Å²) in [6.07, 6.45) is 3.67. The Kier molecular flexibility index (Phi) is 7.20. The summed E-state index contributed by atoms with van der Waals surface area (Å²) in [6.45, 7) is 12.1. The van der Waals surface area contributed by atoms with Crippen molar-refractivity contribution < 1.29 is 5.11 Å². The van der Waals surface area contributed by atoms with Gasteiger partial charge in [0.15, 0.2) is 0 Å². The second-order valence-electron chi connectivity index (χ2n) is 5.56. The summed E-state index contributed by atoms with van der Waals surface area (Å²) in [5.74, 6) is 0.791. The minimum Gasteiger partial charge on any atom is -0.396 e. The molecule has 0 aromatic heterocycles. The zero-order chi connectivity index (χ0) is 11.9. The maximum absolute atomic E-state index is 9.17. The van der Waals surface area contributed by atoms with Gasteiger partial charge in [0.25, 0.3) is 0 Å². The van der Waals surface area contributed by atoms with Crippen LogP contribution in [0.15, 0.2) is 0 Å². The molecule has 0 saturated carbocycles. The average Bonchev–Trinajstić information content (AvgIpc) is 2.23. The van der Waals surface area contributed by atoms with Gasteiger partial charge in [0.1, 0.15) is 0 Å². The van der Waals surface area contributed by atoms with Crippen molar-refractivity contribution in [2.45, 2.75) is 59.9 Å². The summed E-state index contributed by atoms with van der Waals surface area (Å²) >= 11 is 0. The molecule has 0 bridgehead atoms. The molecule has 2 N–H and O–H groups in total. The lowest BCUT2D eigenvalue weighted by atomic mass is 9.92. The fraction of sp³-hybridized carbons (Fsp3) is 1.00. The number of hydrogen-bond donors (Lipinski definition) is 2. The van der Waals surface area contributed by atoms with E-state index in [1.165, 1.54) is 19.3 Å². The Balaban J connectivity index is 3.89. The van der Waals surface area contributed by atoms with Crippen LogP contribution in [-0.4, -0.2) is 24.3 Å². The topological polar surface area (TPSA) is 32.3 Å². The molecule has 0 aliphatic heterocycles. The molecule has 0 aromatic rings. The van der Waals surface area contributed by atoms with Crippen molar-refractivity contribution in [3.8, 4) is 0 Å². The number of aliphatic hydroxyl groups is 1. The maximum Gasteiger partial charge on any atom is 0.0494 e. The van der Waals surface area contributed by atoms with Gasteiger partial charge < -0.3 is 10.4 Å². The summed E-state index contributed by atoms with van der Waals surface area (Å²) in [7, 11) is 0. The highest BCUT2D eigenvalue weighted by Gasteiger charge is 2.18. The van der Waals surface area contributed by atoms with Gasteiger partial charge in [0.05, 0.1) is 0 Å². The van der Waals surface area contributed by atoms with Crippen molar-refractivity contribution in [3.05, 3.63) is 0 Å². The molecule has 0 spiro atoms. The van der Waals surface area contributed by atoms with Crippen LogP contribution in [0.4, 0.5) is 0 Å². The minimum absolute atomic E-state index is 0.00285. The average molecular weight is 215 g/mol. The third kappa shape index (κ3) is 6.91. The van der Waals surface area contributed by atoms with Crippen LogP contribution in [0, 0.1) is 11.3 Å². The van der Waals surface area contributed by atoms with Crippen molar-refractivity contribution in [1.29, 1.82) is 0 Å². The van der Waals surface area contributed by atoms with Crippen LogP contribution in [0.25, 0.3) is 0 Å². The largest absolute Gasteiger partial charge is 0.396 e. The third-order valence-corrected chi connectivity index (χ3v) is 3.17. The van der Waals surface area contributed by atoms with Crippen LogP contribution >= 0.6 is 0 Å². The Morgan fingerprint density at radius 1 is 1.20 bits per heavy atom. The van der Waals surface area contributed by atoms with Gasteiger partial charge in [0.2, 0.25) is 0 Å². The second-order valence-corrected chi connectivity index (χ2v) is 5.56. The van der Waals surface area contributed by atoms with E-state index in [4.69, 9.17) is 5.11 Å². The Bertz CT molecular complexity index is 157. The van der Waals surface area contributed by atoms with E-state index in [0.29, 0.717) is 6.04 Å². The molecule has 0 saturated heterocycles. The van der Waals surface area contributed by atoms with E-state index in [-0.39, 0.29) is 12.0 Å². The lowest BCUT2D eigenvalue weighted by Gasteiger charge is -2.27. The lowest BCUT2D eigenvalue weighted by Crippen LogP contribution is -2.39. The Morgan fingerprint density at radius 2 is 1.80 bits per heavy atom. The molecule has 0 amide bonds. The fourth-order valence-electron chi connectivity index (χ4n) is 1.52. The van der Waals surface area contributed by atoms with E-state index in [0.717, 1.165) is 12.5 Å². The smallest absolute Gasteiger partial charge is 0.0494 e. The predicted octanol–water partition coefficient (Wildman–Crippen LogP) is 2.81. The first-order chi connectivity index (χ1) is 6.95. The molecular weight excluding hydrogens is 186 g/mol. The Hall–Kier alpha value is -0.0800. The minimum atomic E-state index is 0.00285. The molecule has 0 fully saturated rings. The molecule has 2 unspecified atom stereocenters. The van der Waals surface area contributed by atoms with Crippen molar-refractivity contribution in [2.24, 2.45) is 11.3 Å². The third-order valence-electron chi connectivity index (χ3n) is 3.17. The van der Waals surface area contributed by atoms with Crippen molar-refractivity contribution in [3.63, 3.8) is 0 Å². The maximum atomic E-state index is 9.17. The highest BCUT2D eigenvalue weighted by atomic mass is 16.3. The molecule has 0 radical (unpaired) electrons. The molecule has 2 heteroatoms. The van der Waals surface area contributed by atoms with E-state index < -0.39 is 0 Å². The number of rotatable bonds is 8. The standard InChI is InChI=1S/C13H29NO/c1-6-11(3)8-12(7-2)14-9-13(4,5)10-15/h11-12,14-15H,6-10H2,1-5H3. The van der Waals surface area contributed by atoms with Gasteiger partial charge >= 0.3 is 0 Å². The summed E-state index contributed by atoms with van der Waals surface area (Å²) < 4.78 is 0. The molecule has 0 aliphatic rings. The SMILES string of the molecule is CCC(C)CC(CC)NCC(C)(C)CO. The first-order valence-electron chi connectivity index (χ1n) is 6.29. The molecule has 15 heavy (non-hydrogen) atoms. The van der Waals surface area contributed by atoms with Gasteiger partial charge in [-0.05, 0) is 18.8 Å². The normalized spacial score (nSPS) is 16.4. The van der Waals surface area contributed by atoms with Crippen LogP contribution in [0.5, 0.6) is 0 Å². The van der Waals surface area contributed by atoms with Gasteiger partial charge in [-0.25, -0.2) is 0 Å². The summed E-state index contributed by atoms with van der Waals surface area (Å²) in [5, 5.41) is 12.7. The summed E-state index contributed by atoms with van der Waals surface area (Å²) in [4.78, 5) is 0. The molecule has 0 aliphatic carbocycles. The fourth-order valence-corrected chi connectivity index (χ4v) is 1.52. The zero-order valence-corrected chi connectivity index (χ0v) is 11.1. The zero-order valence-electron chi connectivity index (χ0n) is 11.1. The first kappa shape index (κ1) is 14.9. The van der Waals surface area contributed by atoms with Gasteiger partial charge in [0, 0.05) is 24.6 Å². The van der Waals surface area contributed by atoms with Gasteiger partial charge in [-0.15, -0.1) is 0 Å². The molecule has 0 heterocycles. The molecule has 2 atom stereocenters. The molecule has 0 aromatic carbocycles. The predicted molar refractivity (Wildman–Crippen MR) is 67.0 cm³/mol. The Morgan fingerprint density at radius 3 is 2.20 bits per heavy atom. The molecule has 2 nitrogen and oxygen atoms in total. The van der Waals surface area contributed by atoms with Crippen LogP contribution in [0.3, 0.4) is 0 Å². The molecule has 92 valence electrons. The van der Waals surface area contributed by atoms with Crippen LogP contribution in [-0.2, 0) is 0 Å². The van der Waals surface area contributed by atoms with Crippen molar-refractivity contribution in [1.82, 2.24) is 5.32 Å². The van der Waals surface area contributed by atoms with Crippen LogP contribution < -0.4 is 5.32 Å². The second kappa shape index (κ2) is 7.24. The number of hydrogen-bond acceptors (Lipinski definition) is 2. The first-order valence-corrected chi connectivity index (χ1v) is 6.29. The van der Waals surface area contributed by atoms with E-state index >= 15 is 0 Å². The van der Waals surface area contributed by atoms with Crippen molar-refractivity contribution in [2.75, 3.05) is 13.2 Å². The van der Waals surface area contributed by atoms with Crippen LogP contribution in [0.1, 0.15) is 53.9 Å². The van der Waals surface area contributed by atoms with E-state index in [2.05, 4.69) is 39.9 Å². The molecule has 0 rings (SSSR count). The number of aliphatic hydroxyl groups excluding tert-OH is 1. The molecular formula is C13H29NO. The quantitative estimate of drug-likeness (QED) is 0.652. The van der Waals surface area contributed by atoms with Gasteiger partial charge in [-0.2, -0.15) is 0 Å². The van der Waals surface area contributed by atoms with Gasteiger partial charge in [-0.1, -0.05) is 41.0 Å². The highest BCUT2D eigenvalue weighted by molar-refractivity contribution is 4.75. The van der Waals surface area contributed by atoms with Crippen LogP contribution in [0.2, 0.25) is 0 Å².